The molecule has 0 atom stereocenters. The third-order valence-corrected chi connectivity index (χ3v) is 2.78. The highest BCUT2D eigenvalue weighted by atomic mass is 16.5. The first-order chi connectivity index (χ1) is 9.02. The average molecular weight is 263 g/mol. The first-order valence-corrected chi connectivity index (χ1v) is 6.13. The molecule has 0 aliphatic heterocycles. The number of rotatable bonds is 4. The largest absolute Gasteiger partial charge is 0.488 e. The lowest BCUT2D eigenvalue weighted by Crippen LogP contribution is -2.25. The van der Waals surface area contributed by atoms with Crippen LogP contribution in [0, 0.1) is 0 Å². The molecule has 0 spiro atoms. The van der Waals surface area contributed by atoms with Crippen LogP contribution in [0.25, 0.3) is 0 Å². The molecule has 6 heteroatoms. The van der Waals surface area contributed by atoms with Gasteiger partial charge in [0, 0.05) is 21.1 Å². The summed E-state index contributed by atoms with van der Waals surface area (Å²) in [6.07, 6.45) is 3.60. The fourth-order valence-electron chi connectivity index (χ4n) is 1.56. The van der Waals surface area contributed by atoms with E-state index >= 15 is 0 Å². The highest BCUT2D eigenvalue weighted by Crippen LogP contribution is 2.29. The summed E-state index contributed by atoms with van der Waals surface area (Å²) in [6.45, 7) is 0. The van der Waals surface area contributed by atoms with Crippen LogP contribution in [0.1, 0.15) is 33.7 Å². The van der Waals surface area contributed by atoms with Crippen molar-refractivity contribution < 1.29 is 14.3 Å². The molecule has 1 heterocycles. The zero-order chi connectivity index (χ0) is 14.0. The number of ether oxygens (including phenoxy) is 1. The van der Waals surface area contributed by atoms with Crippen LogP contribution in [0.2, 0.25) is 0 Å². The number of nitrogens with zero attached hydrogens (tertiary/aromatic N) is 2. The second-order valence-electron chi connectivity index (χ2n) is 4.66. The number of hydrogen-bond donors (Lipinski definition) is 1. The van der Waals surface area contributed by atoms with E-state index in [2.05, 4.69) is 10.3 Å². The minimum Gasteiger partial charge on any atom is -0.488 e. The Balaban J connectivity index is 2.36. The van der Waals surface area contributed by atoms with Gasteiger partial charge in [0.05, 0.1) is 17.9 Å². The molecule has 1 aliphatic carbocycles. The lowest BCUT2D eigenvalue weighted by molar-refractivity contribution is 0.0822. The molecule has 2 amide bonds. The van der Waals surface area contributed by atoms with Gasteiger partial charge < -0.3 is 15.0 Å². The van der Waals surface area contributed by atoms with Gasteiger partial charge in [-0.1, -0.05) is 0 Å². The highest BCUT2D eigenvalue weighted by molar-refractivity contribution is 6.00. The molecule has 1 aromatic rings. The maximum absolute atomic E-state index is 12.1. The molecule has 0 radical (unpaired) electrons. The molecule has 1 saturated carbocycles. The van der Waals surface area contributed by atoms with Crippen molar-refractivity contribution >= 4 is 11.8 Å². The Hall–Kier alpha value is -2.11. The summed E-state index contributed by atoms with van der Waals surface area (Å²) in [4.78, 5) is 29.2. The Morgan fingerprint density at radius 3 is 2.63 bits per heavy atom. The van der Waals surface area contributed by atoms with Crippen molar-refractivity contribution in [3.63, 3.8) is 0 Å². The van der Waals surface area contributed by atoms with Gasteiger partial charge in [-0.2, -0.15) is 0 Å². The van der Waals surface area contributed by atoms with Gasteiger partial charge in [-0.25, -0.2) is 4.98 Å². The summed E-state index contributed by atoms with van der Waals surface area (Å²) < 4.78 is 5.65. The van der Waals surface area contributed by atoms with Crippen LogP contribution in [0.4, 0.5) is 0 Å². The van der Waals surface area contributed by atoms with Gasteiger partial charge in [0.2, 0.25) is 0 Å². The molecule has 6 nitrogen and oxygen atoms in total. The SMILES string of the molecule is CNC(=O)c1cc(C(=O)N(C)C)c(OC2CC2)cn1. The Morgan fingerprint density at radius 2 is 2.11 bits per heavy atom. The second kappa shape index (κ2) is 5.26. The van der Waals surface area contributed by atoms with Gasteiger partial charge in [-0.15, -0.1) is 0 Å². The van der Waals surface area contributed by atoms with E-state index < -0.39 is 0 Å². The highest BCUT2D eigenvalue weighted by Gasteiger charge is 2.27. The molecule has 1 fully saturated rings. The first-order valence-electron chi connectivity index (χ1n) is 6.13. The van der Waals surface area contributed by atoms with Crippen molar-refractivity contribution in [2.75, 3.05) is 21.1 Å². The first kappa shape index (κ1) is 13.3. The Bertz CT molecular complexity index is 510. The summed E-state index contributed by atoms with van der Waals surface area (Å²) in [5.74, 6) is -0.0946. The number of carbonyl (C=O) groups is 2. The standard InChI is InChI=1S/C13H17N3O3/c1-14-12(17)10-6-9(13(18)16(2)3)11(7-15-10)19-8-4-5-8/h6-8H,4-5H2,1-3H3,(H,14,17). The van der Waals surface area contributed by atoms with Crippen molar-refractivity contribution in [3.8, 4) is 5.75 Å². The van der Waals surface area contributed by atoms with Gasteiger partial charge in [0.1, 0.15) is 5.69 Å². The number of pyridine rings is 1. The quantitative estimate of drug-likeness (QED) is 0.867. The number of nitrogens with one attached hydrogen (secondary N) is 1. The van der Waals surface area contributed by atoms with E-state index in [4.69, 9.17) is 4.74 Å². The monoisotopic (exact) mass is 263 g/mol. The minimum atomic E-state index is -0.328. The van der Waals surface area contributed by atoms with E-state index in [-0.39, 0.29) is 23.6 Å². The van der Waals surface area contributed by atoms with Gasteiger partial charge in [-0.3, -0.25) is 9.59 Å². The van der Waals surface area contributed by atoms with Crippen molar-refractivity contribution in [1.82, 2.24) is 15.2 Å². The summed E-state index contributed by atoms with van der Waals surface area (Å²) in [7, 11) is 4.83. The zero-order valence-corrected chi connectivity index (χ0v) is 11.3. The van der Waals surface area contributed by atoms with Crippen LogP contribution in [0.5, 0.6) is 5.75 Å². The Kier molecular flexibility index (Phi) is 3.69. The molecule has 1 N–H and O–H groups in total. The van der Waals surface area contributed by atoms with Crippen LogP contribution in [0.15, 0.2) is 12.3 Å². The fraction of sp³-hybridized carbons (Fsp3) is 0.462. The molecule has 2 rings (SSSR count). The van der Waals surface area contributed by atoms with Crippen molar-refractivity contribution in [1.29, 1.82) is 0 Å². The van der Waals surface area contributed by atoms with Crippen molar-refractivity contribution in [2.24, 2.45) is 0 Å². The van der Waals surface area contributed by atoms with Gasteiger partial charge >= 0.3 is 0 Å². The fourth-order valence-corrected chi connectivity index (χ4v) is 1.56. The molecular formula is C13H17N3O3. The van der Waals surface area contributed by atoms with E-state index in [9.17, 15) is 9.59 Å². The molecule has 0 aromatic carbocycles. The number of hydrogen-bond acceptors (Lipinski definition) is 4. The van der Waals surface area contributed by atoms with Crippen molar-refractivity contribution in [3.05, 3.63) is 23.5 Å². The molecular weight excluding hydrogens is 246 g/mol. The van der Waals surface area contributed by atoms with Crippen LogP contribution >= 0.6 is 0 Å². The van der Waals surface area contributed by atoms with Gasteiger partial charge in [-0.05, 0) is 18.9 Å². The third-order valence-electron chi connectivity index (χ3n) is 2.78. The normalized spacial score (nSPS) is 13.8. The van der Waals surface area contributed by atoms with Crippen molar-refractivity contribution in [2.45, 2.75) is 18.9 Å². The predicted octanol–water partition coefficient (Wildman–Crippen LogP) is 0.684. The molecule has 0 unspecified atom stereocenters. The van der Waals surface area contributed by atoms with E-state index in [1.54, 1.807) is 14.1 Å². The molecule has 19 heavy (non-hydrogen) atoms. The maximum atomic E-state index is 12.1. The molecule has 102 valence electrons. The summed E-state index contributed by atoms with van der Waals surface area (Å²) in [5, 5.41) is 2.48. The number of aromatic nitrogens is 1. The van der Waals surface area contributed by atoms with E-state index in [1.165, 1.54) is 24.2 Å². The third kappa shape index (κ3) is 3.01. The number of amides is 2. The smallest absolute Gasteiger partial charge is 0.269 e. The molecule has 1 aromatic heterocycles. The van der Waals surface area contributed by atoms with Crippen LogP contribution in [-0.4, -0.2) is 48.9 Å². The van der Waals surface area contributed by atoms with Gasteiger partial charge in [0.25, 0.3) is 11.8 Å². The average Bonchev–Trinajstić information content (AvgIpc) is 3.21. The summed E-state index contributed by atoms with van der Waals surface area (Å²) in [5.41, 5.74) is 0.571. The summed E-state index contributed by atoms with van der Waals surface area (Å²) >= 11 is 0. The van der Waals surface area contributed by atoms with Crippen LogP contribution in [0.3, 0.4) is 0 Å². The minimum absolute atomic E-state index is 0.168. The summed E-state index contributed by atoms with van der Waals surface area (Å²) in [6, 6.07) is 1.47. The van der Waals surface area contributed by atoms with Crippen LogP contribution < -0.4 is 10.1 Å². The molecule has 0 bridgehead atoms. The van der Waals surface area contributed by atoms with E-state index in [1.807, 2.05) is 0 Å². The Labute approximate surface area is 111 Å². The van der Waals surface area contributed by atoms with Crippen LogP contribution in [-0.2, 0) is 0 Å². The topological polar surface area (TPSA) is 71.5 Å². The second-order valence-corrected chi connectivity index (χ2v) is 4.66. The van der Waals surface area contributed by atoms with E-state index in [0.717, 1.165) is 12.8 Å². The van der Waals surface area contributed by atoms with E-state index in [0.29, 0.717) is 11.3 Å². The molecule has 1 aliphatic rings. The Morgan fingerprint density at radius 1 is 1.42 bits per heavy atom. The predicted molar refractivity (Wildman–Crippen MR) is 69.3 cm³/mol. The number of carbonyl (C=O) groups excluding carboxylic acids is 2. The lowest BCUT2D eigenvalue weighted by Gasteiger charge is -2.15. The van der Waals surface area contributed by atoms with Gasteiger partial charge in [0.15, 0.2) is 5.75 Å². The maximum Gasteiger partial charge on any atom is 0.269 e. The molecule has 0 saturated heterocycles. The lowest BCUT2D eigenvalue weighted by atomic mass is 10.2. The zero-order valence-electron chi connectivity index (χ0n) is 11.3.